The van der Waals surface area contributed by atoms with Crippen LogP contribution in [-0.2, 0) is 7.05 Å². The Morgan fingerprint density at radius 2 is 2.08 bits per heavy atom. The van der Waals surface area contributed by atoms with Crippen LogP contribution in [0.15, 0.2) is 29.3 Å². The van der Waals surface area contributed by atoms with Gasteiger partial charge in [0.05, 0.1) is 22.8 Å². The van der Waals surface area contributed by atoms with Gasteiger partial charge in [-0.15, -0.1) is 0 Å². The van der Waals surface area contributed by atoms with Gasteiger partial charge in [0.15, 0.2) is 0 Å². The Morgan fingerprint density at radius 1 is 1.31 bits per heavy atom. The van der Waals surface area contributed by atoms with E-state index in [4.69, 9.17) is 0 Å². The number of nitrogens with zero attached hydrogens (tertiary/aromatic N) is 4. The molecule has 0 aliphatic carbocycles. The van der Waals surface area contributed by atoms with E-state index in [-0.39, 0.29) is 11.5 Å². The van der Waals surface area contributed by atoms with Gasteiger partial charge in [0.25, 0.3) is 11.5 Å². The number of benzene rings is 1. The summed E-state index contributed by atoms with van der Waals surface area (Å²) >= 11 is 0. The van der Waals surface area contributed by atoms with E-state index in [0.717, 1.165) is 6.42 Å². The Morgan fingerprint density at radius 3 is 2.81 bits per heavy atom. The molecule has 1 fully saturated rings. The van der Waals surface area contributed by atoms with Gasteiger partial charge in [-0.2, -0.15) is 0 Å². The molecule has 1 atom stereocenters. The number of likely N-dealkylation sites (tertiary alicyclic amines) is 1. The zero-order valence-electron chi connectivity index (χ0n) is 15.6. The highest BCUT2D eigenvalue weighted by atomic mass is 16.3. The molecule has 1 aromatic carbocycles. The van der Waals surface area contributed by atoms with E-state index in [2.05, 4.69) is 4.98 Å². The highest BCUT2D eigenvalue weighted by Crippen LogP contribution is 2.24. The molecule has 1 N–H and O–H groups in total. The maximum Gasteiger partial charge on any atom is 0.260 e. The minimum atomic E-state index is -0.754. The second kappa shape index (κ2) is 7.17. The van der Waals surface area contributed by atoms with Crippen LogP contribution in [0.4, 0.5) is 0 Å². The van der Waals surface area contributed by atoms with Crippen LogP contribution >= 0.6 is 0 Å². The van der Waals surface area contributed by atoms with Crippen LogP contribution in [0, 0.1) is 0 Å². The lowest BCUT2D eigenvalue weighted by atomic mass is 9.94. The first-order valence-electron chi connectivity index (χ1n) is 8.91. The van der Waals surface area contributed by atoms with Crippen LogP contribution in [0.25, 0.3) is 10.9 Å². The molecule has 3 rings (SSSR count). The summed E-state index contributed by atoms with van der Waals surface area (Å²) in [6, 6.07) is 5.03. The number of hydrogen-bond donors (Lipinski definition) is 1. The van der Waals surface area contributed by atoms with Gasteiger partial charge in [0, 0.05) is 32.2 Å². The molecule has 1 aromatic heterocycles. The van der Waals surface area contributed by atoms with Gasteiger partial charge in [0.2, 0.25) is 0 Å². The van der Waals surface area contributed by atoms with Gasteiger partial charge in [-0.25, -0.2) is 4.98 Å². The van der Waals surface area contributed by atoms with Crippen molar-refractivity contribution < 1.29 is 9.90 Å². The third kappa shape index (κ3) is 3.78. The van der Waals surface area contributed by atoms with E-state index in [9.17, 15) is 14.7 Å². The zero-order valence-corrected chi connectivity index (χ0v) is 15.6. The molecule has 26 heavy (non-hydrogen) atoms. The molecule has 0 saturated carbocycles. The standard InChI is InChI=1S/C19H26N4O3/c1-21(2)12-19(26)7-4-9-23(10-8-19)17(24)14-5-6-15-16(11-14)20-13-22(3)18(15)25/h5-6,11,13,26H,4,7-10,12H2,1-3H3/t19-/m0/s1. The van der Waals surface area contributed by atoms with Crippen molar-refractivity contribution in [3.05, 3.63) is 40.4 Å². The quantitative estimate of drug-likeness (QED) is 0.880. The SMILES string of the molecule is CN(C)C[C@]1(O)CCCN(C(=O)c2ccc3c(=O)n(C)cnc3c2)CC1. The minimum Gasteiger partial charge on any atom is -0.388 e. The van der Waals surface area contributed by atoms with Gasteiger partial charge in [0.1, 0.15) is 0 Å². The van der Waals surface area contributed by atoms with Crippen molar-refractivity contribution in [1.82, 2.24) is 19.4 Å². The van der Waals surface area contributed by atoms with Crippen LogP contribution in [0.2, 0.25) is 0 Å². The summed E-state index contributed by atoms with van der Waals surface area (Å²) in [6.45, 7) is 1.74. The van der Waals surface area contributed by atoms with E-state index in [0.29, 0.717) is 48.9 Å². The van der Waals surface area contributed by atoms with E-state index < -0.39 is 5.60 Å². The smallest absolute Gasteiger partial charge is 0.260 e. The largest absolute Gasteiger partial charge is 0.388 e. The van der Waals surface area contributed by atoms with Gasteiger partial charge in [-0.3, -0.25) is 9.59 Å². The number of fused-ring (bicyclic) bond motifs is 1. The number of carbonyl (C=O) groups excluding carboxylic acids is 1. The number of aliphatic hydroxyl groups is 1. The first kappa shape index (κ1) is 18.5. The highest BCUT2D eigenvalue weighted by molar-refractivity contribution is 5.97. The number of aryl methyl sites for hydroxylation is 1. The van der Waals surface area contributed by atoms with Gasteiger partial charge < -0.3 is 19.5 Å². The predicted octanol–water partition coefficient (Wildman–Crippen LogP) is 0.852. The van der Waals surface area contributed by atoms with Crippen LogP contribution < -0.4 is 5.56 Å². The molecule has 0 spiro atoms. The van der Waals surface area contributed by atoms with E-state index in [1.54, 1.807) is 30.1 Å². The lowest BCUT2D eigenvalue weighted by Crippen LogP contribution is -2.41. The Bertz CT molecular complexity index is 877. The van der Waals surface area contributed by atoms with Crippen molar-refractivity contribution >= 4 is 16.8 Å². The van der Waals surface area contributed by atoms with Crippen molar-refractivity contribution in [1.29, 1.82) is 0 Å². The molecular formula is C19H26N4O3. The number of likely N-dealkylation sites (N-methyl/N-ethyl adjacent to an activating group) is 1. The fraction of sp³-hybridized carbons (Fsp3) is 0.526. The van der Waals surface area contributed by atoms with Crippen molar-refractivity contribution in [3.8, 4) is 0 Å². The highest BCUT2D eigenvalue weighted by Gasteiger charge is 2.32. The van der Waals surface area contributed by atoms with E-state index >= 15 is 0 Å². The molecule has 7 heteroatoms. The molecular weight excluding hydrogens is 332 g/mol. The second-order valence-corrected chi connectivity index (χ2v) is 7.50. The number of hydrogen-bond acceptors (Lipinski definition) is 5. The molecule has 0 bridgehead atoms. The van der Waals surface area contributed by atoms with Crippen molar-refractivity contribution in [3.63, 3.8) is 0 Å². The summed E-state index contributed by atoms with van der Waals surface area (Å²) in [5.41, 5.74) is 0.169. The first-order chi connectivity index (χ1) is 12.3. The van der Waals surface area contributed by atoms with E-state index in [1.807, 2.05) is 19.0 Å². The Hall–Kier alpha value is -2.25. The molecule has 1 amide bonds. The molecule has 7 nitrogen and oxygen atoms in total. The maximum atomic E-state index is 12.9. The van der Waals surface area contributed by atoms with Crippen LogP contribution in [-0.4, -0.2) is 69.7 Å². The number of amides is 1. The lowest BCUT2D eigenvalue weighted by molar-refractivity contribution is 0.00305. The fourth-order valence-electron chi connectivity index (χ4n) is 3.65. The Labute approximate surface area is 152 Å². The molecule has 2 heterocycles. The topological polar surface area (TPSA) is 78.7 Å². The van der Waals surface area contributed by atoms with Crippen LogP contribution in [0.3, 0.4) is 0 Å². The number of rotatable bonds is 3. The molecule has 0 unspecified atom stereocenters. The third-order valence-electron chi connectivity index (χ3n) is 4.98. The fourth-order valence-corrected chi connectivity index (χ4v) is 3.65. The van der Waals surface area contributed by atoms with Crippen molar-refractivity contribution in [2.24, 2.45) is 7.05 Å². The monoisotopic (exact) mass is 358 g/mol. The predicted molar refractivity (Wildman–Crippen MR) is 100 cm³/mol. The molecule has 0 radical (unpaired) electrons. The van der Waals surface area contributed by atoms with E-state index in [1.165, 1.54) is 10.9 Å². The number of aromatic nitrogens is 2. The average molecular weight is 358 g/mol. The summed E-state index contributed by atoms with van der Waals surface area (Å²) in [6.07, 6.45) is 3.47. The zero-order chi connectivity index (χ0) is 18.9. The third-order valence-corrected chi connectivity index (χ3v) is 4.98. The molecule has 140 valence electrons. The minimum absolute atomic E-state index is 0.0801. The van der Waals surface area contributed by atoms with Gasteiger partial charge in [-0.05, 0) is 51.6 Å². The van der Waals surface area contributed by atoms with Crippen molar-refractivity contribution in [2.45, 2.75) is 24.9 Å². The van der Waals surface area contributed by atoms with Crippen LogP contribution in [0.5, 0.6) is 0 Å². The lowest BCUT2D eigenvalue weighted by Gasteiger charge is -2.30. The summed E-state index contributed by atoms with van der Waals surface area (Å²) in [5.74, 6) is -0.0801. The first-order valence-corrected chi connectivity index (χ1v) is 8.91. The number of carbonyl (C=O) groups is 1. The normalized spacial score (nSPS) is 21.2. The molecule has 1 saturated heterocycles. The summed E-state index contributed by atoms with van der Waals surface area (Å²) < 4.78 is 1.42. The van der Waals surface area contributed by atoms with Crippen molar-refractivity contribution in [2.75, 3.05) is 33.7 Å². The Balaban J connectivity index is 1.80. The Kier molecular flexibility index (Phi) is 5.11. The second-order valence-electron chi connectivity index (χ2n) is 7.50. The van der Waals surface area contributed by atoms with Gasteiger partial charge in [-0.1, -0.05) is 0 Å². The maximum absolute atomic E-state index is 12.9. The van der Waals surface area contributed by atoms with Gasteiger partial charge >= 0.3 is 0 Å². The summed E-state index contributed by atoms with van der Waals surface area (Å²) in [5, 5.41) is 11.3. The molecule has 1 aliphatic heterocycles. The molecule has 2 aromatic rings. The summed E-state index contributed by atoms with van der Waals surface area (Å²) in [4.78, 5) is 33.0. The van der Waals surface area contributed by atoms with Crippen LogP contribution in [0.1, 0.15) is 29.6 Å². The average Bonchev–Trinajstić information content (AvgIpc) is 2.78. The molecule has 1 aliphatic rings. The summed E-state index contributed by atoms with van der Waals surface area (Å²) in [7, 11) is 5.54.